The third-order valence-electron chi connectivity index (χ3n) is 3.81. The van der Waals surface area contributed by atoms with Gasteiger partial charge in [0.2, 0.25) is 0 Å². The first-order valence-electron chi connectivity index (χ1n) is 8.18. The number of rotatable bonds is 3. The van der Waals surface area contributed by atoms with Crippen molar-refractivity contribution in [1.29, 1.82) is 5.26 Å². The maximum Gasteiger partial charge on any atom is 0.410 e. The van der Waals surface area contributed by atoms with Gasteiger partial charge in [0.05, 0.1) is 11.3 Å². The molecule has 1 fully saturated rings. The van der Waals surface area contributed by atoms with Crippen LogP contribution in [-0.4, -0.2) is 48.8 Å². The number of hydrogen-bond donors (Lipinski definition) is 0. The molecule has 25 heavy (non-hydrogen) atoms. The van der Waals surface area contributed by atoms with Crippen LogP contribution in [0.1, 0.15) is 39.2 Å². The molecular weight excluding hydrogens is 342 g/mol. The van der Waals surface area contributed by atoms with Gasteiger partial charge in [0.15, 0.2) is 14.9 Å². The Hall–Kier alpha value is -2.14. The summed E-state index contributed by atoms with van der Waals surface area (Å²) in [6, 6.07) is 4.83. The Balaban J connectivity index is 2.09. The molecule has 1 amide bonds. The second kappa shape index (κ2) is 7.40. The van der Waals surface area contributed by atoms with Crippen LogP contribution in [0, 0.1) is 17.2 Å². The molecule has 0 spiro atoms. The quantitative estimate of drug-likeness (QED) is 0.815. The van der Waals surface area contributed by atoms with Crippen LogP contribution < -0.4 is 0 Å². The molecule has 0 radical (unpaired) electrons. The second-order valence-electron chi connectivity index (χ2n) is 7.18. The Morgan fingerprint density at radius 2 is 2.20 bits per heavy atom. The number of aromatic nitrogens is 1. The normalized spacial score (nSPS) is 18.5. The summed E-state index contributed by atoms with van der Waals surface area (Å²) in [5, 5.41) is 8.90. The largest absolute Gasteiger partial charge is 0.444 e. The Kier molecular flexibility index (Phi) is 5.68. The topological polar surface area (TPSA) is 100 Å². The van der Waals surface area contributed by atoms with Gasteiger partial charge in [-0.05, 0) is 51.7 Å². The van der Waals surface area contributed by atoms with E-state index in [2.05, 4.69) is 4.98 Å². The van der Waals surface area contributed by atoms with Crippen LogP contribution in [0.2, 0.25) is 0 Å². The van der Waals surface area contributed by atoms with Crippen molar-refractivity contribution < 1.29 is 17.9 Å². The summed E-state index contributed by atoms with van der Waals surface area (Å²) < 4.78 is 30.6. The van der Waals surface area contributed by atoms with Gasteiger partial charge in [-0.3, -0.25) is 0 Å². The van der Waals surface area contributed by atoms with Gasteiger partial charge >= 0.3 is 6.09 Å². The predicted molar refractivity (Wildman–Crippen MR) is 91.5 cm³/mol. The number of nitriles is 1. The molecule has 1 saturated heterocycles. The summed E-state index contributed by atoms with van der Waals surface area (Å²) in [5.74, 6) is -0.349. The van der Waals surface area contributed by atoms with E-state index in [1.54, 1.807) is 25.7 Å². The smallest absolute Gasteiger partial charge is 0.410 e. The minimum absolute atomic E-state index is 0.0438. The Morgan fingerprint density at radius 3 is 2.84 bits per heavy atom. The SMILES string of the molecule is CC(C)(C)OC(=O)N1CCC[C@@H](CS(=O)(=O)c2ncccc2C#N)C1. The zero-order valence-corrected chi connectivity index (χ0v) is 15.5. The van der Waals surface area contributed by atoms with E-state index in [-0.39, 0.29) is 22.3 Å². The van der Waals surface area contributed by atoms with Crippen LogP contribution in [0.25, 0.3) is 0 Å². The molecule has 136 valence electrons. The molecule has 1 aliphatic heterocycles. The summed E-state index contributed by atoms with van der Waals surface area (Å²) in [7, 11) is -3.70. The van der Waals surface area contributed by atoms with E-state index in [0.29, 0.717) is 25.9 Å². The number of sulfone groups is 1. The van der Waals surface area contributed by atoms with Crippen LogP contribution in [0.5, 0.6) is 0 Å². The molecule has 1 aromatic heterocycles. The van der Waals surface area contributed by atoms with Gasteiger partial charge in [-0.2, -0.15) is 5.26 Å². The summed E-state index contributed by atoms with van der Waals surface area (Å²) in [5.41, 5.74) is -0.548. The number of ether oxygens (including phenoxy) is 1. The van der Waals surface area contributed by atoms with Crippen molar-refractivity contribution in [2.24, 2.45) is 5.92 Å². The van der Waals surface area contributed by atoms with Gasteiger partial charge in [-0.15, -0.1) is 0 Å². The molecule has 8 heteroatoms. The van der Waals surface area contributed by atoms with Gasteiger partial charge in [-0.25, -0.2) is 18.2 Å². The van der Waals surface area contributed by atoms with Crippen molar-refractivity contribution in [1.82, 2.24) is 9.88 Å². The lowest BCUT2D eigenvalue weighted by Gasteiger charge is -2.34. The van der Waals surface area contributed by atoms with Crippen LogP contribution in [0.15, 0.2) is 23.4 Å². The van der Waals surface area contributed by atoms with E-state index < -0.39 is 21.5 Å². The van der Waals surface area contributed by atoms with Crippen LogP contribution in [-0.2, 0) is 14.6 Å². The van der Waals surface area contributed by atoms with Crippen LogP contribution >= 0.6 is 0 Å². The number of pyridine rings is 1. The van der Waals surface area contributed by atoms with Gasteiger partial charge in [0, 0.05) is 19.3 Å². The fraction of sp³-hybridized carbons (Fsp3) is 0.588. The fourth-order valence-electron chi connectivity index (χ4n) is 2.81. The van der Waals surface area contributed by atoms with Crippen molar-refractivity contribution in [2.45, 2.75) is 44.2 Å². The molecular formula is C17H23N3O4S. The first kappa shape index (κ1) is 19.2. The summed E-state index contributed by atoms with van der Waals surface area (Å²) in [6.07, 6.45) is 2.35. The third kappa shape index (κ3) is 5.16. The van der Waals surface area contributed by atoms with Crippen molar-refractivity contribution in [3.63, 3.8) is 0 Å². The molecule has 1 aliphatic rings. The molecule has 0 bridgehead atoms. The number of amides is 1. The van der Waals surface area contributed by atoms with Crippen LogP contribution in [0.3, 0.4) is 0 Å². The van der Waals surface area contributed by atoms with E-state index in [1.807, 2.05) is 6.07 Å². The Labute approximate surface area is 148 Å². The number of piperidine rings is 1. The van der Waals surface area contributed by atoms with Crippen LogP contribution in [0.4, 0.5) is 4.79 Å². The van der Waals surface area contributed by atoms with Crippen molar-refractivity contribution in [3.8, 4) is 6.07 Å². The molecule has 0 aromatic carbocycles. The van der Waals surface area contributed by atoms with E-state index in [4.69, 9.17) is 10.00 Å². The zero-order chi connectivity index (χ0) is 18.7. The lowest BCUT2D eigenvalue weighted by Crippen LogP contribution is -2.44. The monoisotopic (exact) mass is 365 g/mol. The Bertz CT molecular complexity index is 778. The molecule has 1 atom stereocenters. The second-order valence-corrected chi connectivity index (χ2v) is 9.13. The molecule has 1 aromatic rings. The van der Waals surface area contributed by atoms with Crippen molar-refractivity contribution in [3.05, 3.63) is 23.9 Å². The molecule has 0 saturated carbocycles. The highest BCUT2D eigenvalue weighted by molar-refractivity contribution is 7.91. The van der Waals surface area contributed by atoms with E-state index in [1.165, 1.54) is 18.3 Å². The zero-order valence-electron chi connectivity index (χ0n) is 14.7. The number of carbonyl (C=O) groups is 1. The average Bonchev–Trinajstić information content (AvgIpc) is 2.53. The first-order valence-corrected chi connectivity index (χ1v) is 9.83. The van der Waals surface area contributed by atoms with Crippen molar-refractivity contribution >= 4 is 15.9 Å². The lowest BCUT2D eigenvalue weighted by molar-refractivity contribution is 0.0176. The first-order chi connectivity index (χ1) is 11.6. The standard InChI is InChI=1S/C17H23N3O4S/c1-17(2,3)24-16(21)20-9-5-6-13(11-20)12-25(22,23)15-14(10-18)7-4-8-19-15/h4,7-8,13H,5-6,9,11-12H2,1-3H3/t13-/m1/s1. The third-order valence-corrected chi connectivity index (χ3v) is 5.64. The molecule has 2 heterocycles. The Morgan fingerprint density at radius 1 is 1.48 bits per heavy atom. The molecule has 2 rings (SSSR count). The van der Waals surface area contributed by atoms with E-state index >= 15 is 0 Å². The van der Waals surface area contributed by atoms with Gasteiger partial charge < -0.3 is 9.64 Å². The summed E-state index contributed by atoms with van der Waals surface area (Å²) in [4.78, 5) is 17.6. The fourth-order valence-corrected chi connectivity index (χ4v) is 4.53. The molecule has 0 aliphatic carbocycles. The minimum Gasteiger partial charge on any atom is -0.444 e. The maximum absolute atomic E-state index is 12.6. The number of carbonyl (C=O) groups excluding carboxylic acids is 1. The van der Waals surface area contributed by atoms with Gasteiger partial charge in [0.1, 0.15) is 11.7 Å². The highest BCUT2D eigenvalue weighted by Crippen LogP contribution is 2.23. The van der Waals surface area contributed by atoms with Gasteiger partial charge in [-0.1, -0.05) is 0 Å². The molecule has 0 N–H and O–H groups in total. The summed E-state index contributed by atoms with van der Waals surface area (Å²) >= 11 is 0. The predicted octanol–water partition coefficient (Wildman–Crippen LogP) is 2.37. The maximum atomic E-state index is 12.6. The highest BCUT2D eigenvalue weighted by Gasteiger charge is 2.31. The number of likely N-dealkylation sites (tertiary alicyclic amines) is 1. The van der Waals surface area contributed by atoms with E-state index in [0.717, 1.165) is 0 Å². The van der Waals surface area contributed by atoms with Gasteiger partial charge in [0.25, 0.3) is 0 Å². The molecule has 0 unspecified atom stereocenters. The number of hydrogen-bond acceptors (Lipinski definition) is 6. The number of nitrogens with zero attached hydrogens (tertiary/aromatic N) is 3. The van der Waals surface area contributed by atoms with Crippen molar-refractivity contribution in [2.75, 3.05) is 18.8 Å². The highest BCUT2D eigenvalue weighted by atomic mass is 32.2. The lowest BCUT2D eigenvalue weighted by atomic mass is 10.0. The minimum atomic E-state index is -3.70. The molecule has 7 nitrogen and oxygen atoms in total. The average molecular weight is 365 g/mol. The van der Waals surface area contributed by atoms with E-state index in [9.17, 15) is 13.2 Å². The summed E-state index contributed by atoms with van der Waals surface area (Å²) in [6.45, 7) is 6.26.